The van der Waals surface area contributed by atoms with Crippen LogP contribution < -0.4 is 4.74 Å². The highest BCUT2D eigenvalue weighted by molar-refractivity contribution is 9.10. The number of H-pyrrole nitrogens is 1. The summed E-state index contributed by atoms with van der Waals surface area (Å²) in [5.41, 5.74) is 1.18. The molecule has 1 N–H and O–H groups in total. The fraction of sp³-hybridized carbons (Fsp3) is 0.182. The van der Waals surface area contributed by atoms with E-state index in [0.29, 0.717) is 11.4 Å². The van der Waals surface area contributed by atoms with Gasteiger partial charge in [0, 0.05) is 9.86 Å². The molecule has 0 saturated heterocycles. The number of hydrogen-bond donors (Lipinski definition) is 1. The van der Waals surface area contributed by atoms with Crippen molar-refractivity contribution < 1.29 is 14.3 Å². The van der Waals surface area contributed by atoms with Gasteiger partial charge in [0.15, 0.2) is 0 Å². The molecule has 0 aliphatic rings. The van der Waals surface area contributed by atoms with Crippen LogP contribution in [-0.4, -0.2) is 25.2 Å². The van der Waals surface area contributed by atoms with Crippen LogP contribution in [0.4, 0.5) is 0 Å². The van der Waals surface area contributed by atoms with E-state index in [1.54, 1.807) is 13.2 Å². The third kappa shape index (κ3) is 1.67. The normalized spacial score (nSPS) is 10.4. The van der Waals surface area contributed by atoms with Crippen molar-refractivity contribution in [2.45, 2.75) is 0 Å². The number of halogens is 1. The van der Waals surface area contributed by atoms with Crippen molar-refractivity contribution in [1.82, 2.24) is 4.98 Å². The van der Waals surface area contributed by atoms with Gasteiger partial charge in [0.1, 0.15) is 11.4 Å². The smallest absolute Gasteiger partial charge is 0.354 e. The summed E-state index contributed by atoms with van der Waals surface area (Å²) in [5, 5.41) is 0.889. The van der Waals surface area contributed by atoms with E-state index in [1.807, 2.05) is 12.1 Å². The van der Waals surface area contributed by atoms with Crippen molar-refractivity contribution in [3.8, 4) is 5.75 Å². The van der Waals surface area contributed by atoms with E-state index >= 15 is 0 Å². The van der Waals surface area contributed by atoms with Crippen molar-refractivity contribution in [1.29, 1.82) is 0 Å². The van der Waals surface area contributed by atoms with Crippen molar-refractivity contribution in [2.24, 2.45) is 0 Å². The average Bonchev–Trinajstić information content (AvgIpc) is 2.74. The zero-order valence-corrected chi connectivity index (χ0v) is 10.4. The molecule has 0 unspecified atom stereocenters. The second kappa shape index (κ2) is 4.17. The van der Waals surface area contributed by atoms with Crippen LogP contribution >= 0.6 is 15.9 Å². The Balaban J connectivity index is 2.68. The Hall–Kier alpha value is -1.49. The summed E-state index contributed by atoms with van der Waals surface area (Å²) in [7, 11) is 2.93. The van der Waals surface area contributed by atoms with E-state index < -0.39 is 5.97 Å². The van der Waals surface area contributed by atoms with E-state index in [9.17, 15) is 4.79 Å². The quantitative estimate of drug-likeness (QED) is 0.863. The van der Waals surface area contributed by atoms with Gasteiger partial charge in [-0.25, -0.2) is 4.79 Å². The maximum atomic E-state index is 11.4. The van der Waals surface area contributed by atoms with Crippen molar-refractivity contribution in [3.05, 3.63) is 28.4 Å². The van der Waals surface area contributed by atoms with Gasteiger partial charge < -0.3 is 14.5 Å². The number of ether oxygens (including phenoxy) is 2. The summed E-state index contributed by atoms with van der Waals surface area (Å²) in [4.78, 5) is 14.4. The molecular formula is C11H10BrNO3. The summed E-state index contributed by atoms with van der Waals surface area (Å²) in [6.45, 7) is 0. The minimum Gasteiger partial charge on any atom is -0.495 e. The molecule has 2 rings (SSSR count). The zero-order valence-electron chi connectivity index (χ0n) is 8.83. The first-order valence-corrected chi connectivity index (χ1v) is 5.40. The highest BCUT2D eigenvalue weighted by Crippen LogP contribution is 2.31. The summed E-state index contributed by atoms with van der Waals surface area (Å²) in [6.07, 6.45) is 0. The van der Waals surface area contributed by atoms with Crippen LogP contribution in [0, 0.1) is 0 Å². The highest BCUT2D eigenvalue weighted by atomic mass is 79.9. The molecule has 0 spiro atoms. The second-order valence-corrected chi connectivity index (χ2v) is 4.07. The first-order chi connectivity index (χ1) is 7.67. The number of esters is 1. The lowest BCUT2D eigenvalue weighted by atomic mass is 10.2. The average molecular weight is 284 g/mol. The van der Waals surface area contributed by atoms with E-state index in [1.165, 1.54) is 7.11 Å². The Kier molecular flexibility index (Phi) is 2.87. The molecule has 1 aromatic heterocycles. The van der Waals surface area contributed by atoms with Gasteiger partial charge in [-0.2, -0.15) is 0 Å². The second-order valence-electron chi connectivity index (χ2n) is 3.21. The number of carbonyl (C=O) groups is 1. The predicted molar refractivity (Wildman–Crippen MR) is 63.9 cm³/mol. The summed E-state index contributed by atoms with van der Waals surface area (Å²) in [5.74, 6) is 0.290. The fourth-order valence-electron chi connectivity index (χ4n) is 1.55. The molecule has 84 valence electrons. The van der Waals surface area contributed by atoms with E-state index in [2.05, 4.69) is 25.7 Å². The summed E-state index contributed by atoms with van der Waals surface area (Å²) >= 11 is 3.42. The Morgan fingerprint density at radius 1 is 1.38 bits per heavy atom. The summed E-state index contributed by atoms with van der Waals surface area (Å²) < 4.78 is 10.8. The van der Waals surface area contributed by atoms with E-state index in [-0.39, 0.29) is 0 Å². The van der Waals surface area contributed by atoms with Crippen LogP contribution in [0.1, 0.15) is 10.5 Å². The van der Waals surface area contributed by atoms with E-state index in [0.717, 1.165) is 15.4 Å². The molecule has 4 nitrogen and oxygen atoms in total. The fourth-order valence-corrected chi connectivity index (χ4v) is 1.99. The molecule has 0 radical (unpaired) electrons. The van der Waals surface area contributed by atoms with Crippen LogP contribution in [0.2, 0.25) is 0 Å². The van der Waals surface area contributed by atoms with Gasteiger partial charge in [-0.1, -0.05) is 15.9 Å². The predicted octanol–water partition coefficient (Wildman–Crippen LogP) is 2.73. The Labute approximate surface area is 101 Å². The first kappa shape index (κ1) is 11.0. The molecule has 2 aromatic rings. The molecule has 0 bridgehead atoms. The lowest BCUT2D eigenvalue weighted by Gasteiger charge is -2.01. The van der Waals surface area contributed by atoms with Gasteiger partial charge in [0.05, 0.1) is 19.7 Å². The molecule has 0 aliphatic heterocycles. The minimum atomic E-state index is -0.398. The van der Waals surface area contributed by atoms with Crippen LogP contribution in [0.3, 0.4) is 0 Å². The molecular weight excluding hydrogens is 274 g/mol. The third-order valence-corrected chi connectivity index (χ3v) is 3.02. The largest absolute Gasteiger partial charge is 0.495 e. The van der Waals surface area contributed by atoms with Gasteiger partial charge in [0.25, 0.3) is 0 Å². The van der Waals surface area contributed by atoms with Crippen molar-refractivity contribution in [2.75, 3.05) is 14.2 Å². The number of benzene rings is 1. The van der Waals surface area contributed by atoms with Crippen LogP contribution in [0.15, 0.2) is 22.7 Å². The van der Waals surface area contributed by atoms with Gasteiger partial charge in [0.2, 0.25) is 0 Å². The molecule has 0 fully saturated rings. The number of rotatable bonds is 2. The number of nitrogens with one attached hydrogen (secondary N) is 1. The SMILES string of the molecule is COC(=O)c1cc2c(Br)ccc(OC)c2[nH]1. The van der Waals surface area contributed by atoms with Crippen molar-refractivity contribution in [3.63, 3.8) is 0 Å². The molecule has 0 atom stereocenters. The van der Waals surface area contributed by atoms with Gasteiger partial charge in [-0.3, -0.25) is 0 Å². The lowest BCUT2D eigenvalue weighted by molar-refractivity contribution is 0.0595. The van der Waals surface area contributed by atoms with Crippen LogP contribution in [0.25, 0.3) is 10.9 Å². The first-order valence-electron chi connectivity index (χ1n) is 4.61. The monoisotopic (exact) mass is 283 g/mol. The Bertz CT molecular complexity index is 547. The molecule has 16 heavy (non-hydrogen) atoms. The highest BCUT2D eigenvalue weighted by Gasteiger charge is 2.13. The van der Waals surface area contributed by atoms with Crippen LogP contribution in [0.5, 0.6) is 5.75 Å². The number of carbonyl (C=O) groups excluding carboxylic acids is 1. The number of aromatic nitrogens is 1. The molecule has 1 aromatic carbocycles. The minimum absolute atomic E-state index is 0.398. The third-order valence-electron chi connectivity index (χ3n) is 2.33. The molecule has 0 saturated carbocycles. The number of fused-ring (bicyclic) bond motifs is 1. The number of hydrogen-bond acceptors (Lipinski definition) is 3. The zero-order chi connectivity index (χ0) is 11.7. The standard InChI is InChI=1S/C11H10BrNO3/c1-15-9-4-3-7(12)6-5-8(11(14)16-2)13-10(6)9/h3-5,13H,1-2H3. The van der Waals surface area contributed by atoms with Crippen molar-refractivity contribution >= 4 is 32.8 Å². The maximum absolute atomic E-state index is 11.4. The lowest BCUT2D eigenvalue weighted by Crippen LogP contribution is -2.00. The topological polar surface area (TPSA) is 51.3 Å². The maximum Gasteiger partial charge on any atom is 0.354 e. The van der Waals surface area contributed by atoms with Gasteiger partial charge in [-0.15, -0.1) is 0 Å². The van der Waals surface area contributed by atoms with Gasteiger partial charge in [-0.05, 0) is 18.2 Å². The number of methoxy groups -OCH3 is 2. The molecule has 0 amide bonds. The Morgan fingerprint density at radius 2 is 2.12 bits per heavy atom. The molecule has 0 aliphatic carbocycles. The Morgan fingerprint density at radius 3 is 2.75 bits per heavy atom. The summed E-state index contributed by atoms with van der Waals surface area (Å²) in [6, 6.07) is 5.42. The van der Waals surface area contributed by atoms with Crippen LogP contribution in [-0.2, 0) is 4.74 Å². The number of aromatic amines is 1. The molecule has 5 heteroatoms. The molecule has 1 heterocycles. The van der Waals surface area contributed by atoms with Gasteiger partial charge >= 0.3 is 5.97 Å². The van der Waals surface area contributed by atoms with E-state index in [4.69, 9.17) is 4.74 Å².